The van der Waals surface area contributed by atoms with E-state index in [0.29, 0.717) is 0 Å². The molecule has 0 fully saturated rings. The molecule has 0 spiro atoms. The van der Waals surface area contributed by atoms with Gasteiger partial charge in [-0.25, -0.2) is 18.8 Å². The monoisotopic (exact) mass is 397 g/mol. The maximum absolute atomic E-state index is 13.1. The van der Waals surface area contributed by atoms with Gasteiger partial charge < -0.3 is 24.7 Å². The highest BCUT2D eigenvalue weighted by atomic mass is 32.1. The number of thiophene rings is 1. The Balaban J connectivity index is 2.10. The van der Waals surface area contributed by atoms with Gasteiger partial charge in [0.25, 0.3) is 0 Å². The molecule has 1 aromatic carbocycles. The summed E-state index contributed by atoms with van der Waals surface area (Å²) in [6.45, 7) is -0.919. The number of carbonyl (C=O) groups excluding carboxylic acids is 3. The first-order valence-corrected chi connectivity index (χ1v) is 8.30. The maximum atomic E-state index is 13.1. The van der Waals surface area contributed by atoms with E-state index < -0.39 is 36.9 Å². The number of ether oxygens (including phenoxy) is 4. The smallest absolute Gasteiger partial charge is 0.348 e. The van der Waals surface area contributed by atoms with Crippen molar-refractivity contribution in [2.45, 2.75) is 6.61 Å². The molecular formula is C17H16FNO7S. The minimum Gasteiger partial charge on any atom is -0.482 e. The van der Waals surface area contributed by atoms with Gasteiger partial charge in [0, 0.05) is 11.6 Å². The molecule has 0 unspecified atom stereocenters. The number of methoxy groups -OCH3 is 2. The van der Waals surface area contributed by atoms with Crippen molar-refractivity contribution < 1.29 is 37.7 Å². The molecule has 1 heterocycles. The molecule has 8 nitrogen and oxygen atoms in total. The van der Waals surface area contributed by atoms with Gasteiger partial charge in [0.05, 0.1) is 14.2 Å². The molecule has 0 amide bonds. The van der Waals surface area contributed by atoms with E-state index in [0.717, 1.165) is 24.5 Å². The van der Waals surface area contributed by atoms with E-state index in [2.05, 4.69) is 9.47 Å². The summed E-state index contributed by atoms with van der Waals surface area (Å²) in [5, 5.41) is 0.0318. The summed E-state index contributed by atoms with van der Waals surface area (Å²) >= 11 is 0.819. The van der Waals surface area contributed by atoms with Crippen LogP contribution in [0.4, 0.5) is 9.39 Å². The third-order valence-corrected chi connectivity index (χ3v) is 4.37. The highest BCUT2D eigenvalue weighted by molar-refractivity contribution is 7.18. The molecule has 2 N–H and O–H groups in total. The number of halogens is 1. The first kappa shape index (κ1) is 20.2. The Hall–Kier alpha value is -3.14. The molecule has 0 saturated carbocycles. The lowest BCUT2D eigenvalue weighted by Gasteiger charge is -2.09. The van der Waals surface area contributed by atoms with Gasteiger partial charge in [0.1, 0.15) is 33.6 Å². The zero-order valence-corrected chi connectivity index (χ0v) is 15.3. The van der Waals surface area contributed by atoms with Gasteiger partial charge in [-0.1, -0.05) is 6.07 Å². The first-order valence-electron chi connectivity index (χ1n) is 7.49. The van der Waals surface area contributed by atoms with Crippen molar-refractivity contribution in [1.29, 1.82) is 0 Å². The predicted molar refractivity (Wildman–Crippen MR) is 93.1 cm³/mol. The van der Waals surface area contributed by atoms with Crippen LogP contribution in [0.2, 0.25) is 0 Å². The summed E-state index contributed by atoms with van der Waals surface area (Å²) in [5.41, 5.74) is 5.79. The van der Waals surface area contributed by atoms with Crippen molar-refractivity contribution in [1.82, 2.24) is 0 Å². The molecule has 0 aliphatic rings. The van der Waals surface area contributed by atoms with E-state index in [1.807, 2.05) is 0 Å². The van der Waals surface area contributed by atoms with Crippen LogP contribution in [0, 0.1) is 5.82 Å². The molecule has 0 atom stereocenters. The summed E-state index contributed by atoms with van der Waals surface area (Å²) in [6.07, 6.45) is 0. The van der Waals surface area contributed by atoms with Gasteiger partial charge in [0.2, 0.25) is 0 Å². The van der Waals surface area contributed by atoms with Crippen LogP contribution >= 0.6 is 11.3 Å². The van der Waals surface area contributed by atoms with Crippen molar-refractivity contribution >= 4 is 34.2 Å². The molecule has 2 rings (SSSR count). The molecule has 0 radical (unpaired) electrons. The quantitative estimate of drug-likeness (QED) is 0.558. The van der Waals surface area contributed by atoms with Crippen LogP contribution in [0.5, 0.6) is 5.75 Å². The Morgan fingerprint density at radius 1 is 1.15 bits per heavy atom. The van der Waals surface area contributed by atoms with Crippen LogP contribution in [0.1, 0.15) is 25.6 Å². The van der Waals surface area contributed by atoms with Crippen LogP contribution in [0.15, 0.2) is 24.3 Å². The lowest BCUT2D eigenvalue weighted by molar-refractivity contribution is -0.147. The van der Waals surface area contributed by atoms with E-state index in [1.165, 1.54) is 25.3 Å². The van der Waals surface area contributed by atoms with Gasteiger partial charge in [-0.15, -0.1) is 11.3 Å². The molecular weight excluding hydrogens is 381 g/mol. The number of nitrogens with two attached hydrogens (primary N) is 1. The van der Waals surface area contributed by atoms with Crippen molar-refractivity contribution in [2.75, 3.05) is 26.6 Å². The average molecular weight is 397 g/mol. The minimum absolute atomic E-state index is 0.0225. The van der Waals surface area contributed by atoms with Gasteiger partial charge in [-0.05, 0) is 12.1 Å². The number of rotatable bonds is 7. The fraction of sp³-hybridized carbons (Fsp3) is 0.235. The molecule has 144 valence electrons. The van der Waals surface area contributed by atoms with Crippen LogP contribution < -0.4 is 10.5 Å². The average Bonchev–Trinajstić information content (AvgIpc) is 2.99. The second-order valence-electron chi connectivity index (χ2n) is 5.04. The maximum Gasteiger partial charge on any atom is 0.348 e. The Bertz CT molecular complexity index is 865. The third kappa shape index (κ3) is 4.94. The van der Waals surface area contributed by atoms with Crippen molar-refractivity contribution in [3.63, 3.8) is 0 Å². The van der Waals surface area contributed by atoms with E-state index in [1.54, 1.807) is 0 Å². The Labute approximate surface area is 157 Å². The highest BCUT2D eigenvalue weighted by Gasteiger charge is 2.28. The van der Waals surface area contributed by atoms with Crippen molar-refractivity contribution in [2.24, 2.45) is 0 Å². The fourth-order valence-corrected chi connectivity index (χ4v) is 3.08. The zero-order valence-electron chi connectivity index (χ0n) is 14.4. The van der Waals surface area contributed by atoms with Gasteiger partial charge in [-0.3, -0.25) is 0 Å². The molecule has 0 aliphatic heterocycles. The molecule has 10 heteroatoms. The van der Waals surface area contributed by atoms with Crippen LogP contribution in [-0.2, 0) is 25.6 Å². The first-order chi connectivity index (χ1) is 12.9. The summed E-state index contributed by atoms with van der Waals surface area (Å²) in [5.74, 6) is -2.67. The van der Waals surface area contributed by atoms with E-state index >= 15 is 0 Å². The molecule has 2 aromatic rings. The van der Waals surface area contributed by atoms with Gasteiger partial charge in [0.15, 0.2) is 6.61 Å². The van der Waals surface area contributed by atoms with Crippen LogP contribution in [0.25, 0.3) is 0 Å². The summed E-state index contributed by atoms with van der Waals surface area (Å²) in [6, 6.07) is 5.24. The Morgan fingerprint density at radius 2 is 1.85 bits per heavy atom. The number of hydrogen-bond donors (Lipinski definition) is 1. The number of anilines is 1. The van der Waals surface area contributed by atoms with Gasteiger partial charge >= 0.3 is 17.9 Å². The molecule has 1 aromatic heterocycles. The molecule has 0 bridgehead atoms. The Morgan fingerprint density at radius 3 is 2.48 bits per heavy atom. The zero-order chi connectivity index (χ0) is 20.0. The number of benzene rings is 1. The standard InChI is InChI=1S/C17H16FNO7S/c1-23-16(21)13-11(14(17(22)24-2)27-15(13)19)7-26-12(20)8-25-10-5-3-4-9(18)6-10/h3-6H,7-8,19H2,1-2H3. The van der Waals surface area contributed by atoms with E-state index in [4.69, 9.17) is 15.2 Å². The number of nitrogen functional groups attached to an aromatic ring is 1. The predicted octanol–water partition coefficient (Wildman–Crippen LogP) is 2.16. The second kappa shape index (κ2) is 8.99. The summed E-state index contributed by atoms with van der Waals surface area (Å²) in [7, 11) is 2.32. The summed E-state index contributed by atoms with van der Waals surface area (Å²) in [4.78, 5) is 35.7. The van der Waals surface area contributed by atoms with Crippen LogP contribution in [0.3, 0.4) is 0 Å². The normalized spacial score (nSPS) is 10.2. The Kier molecular flexibility index (Phi) is 6.72. The van der Waals surface area contributed by atoms with Crippen molar-refractivity contribution in [3.05, 3.63) is 46.1 Å². The second-order valence-corrected chi connectivity index (χ2v) is 6.09. The third-order valence-electron chi connectivity index (χ3n) is 3.32. The van der Waals surface area contributed by atoms with E-state index in [9.17, 15) is 18.8 Å². The lowest BCUT2D eigenvalue weighted by atomic mass is 10.1. The number of hydrogen-bond acceptors (Lipinski definition) is 9. The molecule has 27 heavy (non-hydrogen) atoms. The number of esters is 3. The molecule has 0 aliphatic carbocycles. The summed E-state index contributed by atoms with van der Waals surface area (Å²) < 4.78 is 32.5. The molecule has 0 saturated heterocycles. The van der Waals surface area contributed by atoms with Crippen LogP contribution in [-0.4, -0.2) is 38.7 Å². The minimum atomic E-state index is -0.796. The van der Waals surface area contributed by atoms with Crippen molar-refractivity contribution in [3.8, 4) is 5.75 Å². The van der Waals surface area contributed by atoms with Gasteiger partial charge in [-0.2, -0.15) is 0 Å². The topological polar surface area (TPSA) is 114 Å². The lowest BCUT2D eigenvalue weighted by Crippen LogP contribution is -2.17. The number of carbonyl (C=O) groups is 3. The largest absolute Gasteiger partial charge is 0.482 e. The van der Waals surface area contributed by atoms with E-state index in [-0.39, 0.29) is 26.8 Å². The fourth-order valence-electron chi connectivity index (χ4n) is 2.10. The highest BCUT2D eigenvalue weighted by Crippen LogP contribution is 2.33. The SMILES string of the molecule is COC(=O)c1sc(N)c(C(=O)OC)c1COC(=O)COc1cccc(F)c1.